The summed E-state index contributed by atoms with van der Waals surface area (Å²) in [5.41, 5.74) is 1.13. The zero-order chi connectivity index (χ0) is 12.3. The fourth-order valence-corrected chi connectivity index (χ4v) is 3.36. The molecule has 2 atom stereocenters. The van der Waals surface area contributed by atoms with Gasteiger partial charge in [0.1, 0.15) is 6.04 Å². The van der Waals surface area contributed by atoms with Crippen LogP contribution in [0.25, 0.3) is 0 Å². The highest BCUT2D eigenvalue weighted by Gasteiger charge is 2.37. The third-order valence-corrected chi connectivity index (χ3v) is 4.23. The van der Waals surface area contributed by atoms with Crippen LogP contribution in [0.3, 0.4) is 0 Å². The summed E-state index contributed by atoms with van der Waals surface area (Å²) in [4.78, 5) is 17.9. The van der Waals surface area contributed by atoms with E-state index in [1.807, 2.05) is 32.3 Å². The van der Waals surface area contributed by atoms with Gasteiger partial charge in [0.15, 0.2) is 0 Å². The molecule has 4 nitrogen and oxygen atoms in total. The Kier molecular flexibility index (Phi) is 4.02. The molecular weight excluding hydrogens is 236 g/mol. The number of nitrogens with zero attached hydrogens (tertiary/aromatic N) is 2. The van der Waals surface area contributed by atoms with E-state index in [1.54, 1.807) is 18.0 Å². The van der Waals surface area contributed by atoms with Gasteiger partial charge in [0.05, 0.1) is 12.0 Å². The summed E-state index contributed by atoms with van der Waals surface area (Å²) < 4.78 is 5.07. The van der Waals surface area contributed by atoms with Gasteiger partial charge in [-0.1, -0.05) is 6.07 Å². The third-order valence-electron chi connectivity index (χ3n) is 2.80. The van der Waals surface area contributed by atoms with Crippen molar-refractivity contribution in [2.45, 2.75) is 18.3 Å². The Morgan fingerprint density at radius 2 is 2.53 bits per heavy atom. The molecule has 1 aromatic rings. The maximum atomic E-state index is 11.7. The maximum absolute atomic E-state index is 11.7. The molecule has 2 rings (SSSR count). The fraction of sp³-hybridized carbons (Fsp3) is 0.500. The molecule has 0 bridgehead atoms. The van der Waals surface area contributed by atoms with E-state index >= 15 is 0 Å². The minimum absolute atomic E-state index is 0.131. The maximum Gasteiger partial charge on any atom is 0.324 e. The van der Waals surface area contributed by atoms with Crippen molar-refractivity contribution in [2.75, 3.05) is 19.4 Å². The Hall–Kier alpha value is -1.07. The Bertz CT molecular complexity index is 385. The van der Waals surface area contributed by atoms with Crippen molar-refractivity contribution in [3.8, 4) is 0 Å². The van der Waals surface area contributed by atoms with Crippen LogP contribution in [-0.4, -0.2) is 41.3 Å². The molecule has 0 spiro atoms. The Morgan fingerprint density at radius 1 is 1.71 bits per heavy atom. The topological polar surface area (TPSA) is 42.4 Å². The number of carbonyl (C=O) groups is 1. The molecule has 0 amide bonds. The van der Waals surface area contributed by atoms with Crippen molar-refractivity contribution < 1.29 is 9.53 Å². The van der Waals surface area contributed by atoms with Gasteiger partial charge in [0.25, 0.3) is 0 Å². The second-order valence-corrected chi connectivity index (χ2v) is 5.02. The normalized spacial score (nSPS) is 24.8. The summed E-state index contributed by atoms with van der Waals surface area (Å²) in [7, 11) is 1.96. The van der Waals surface area contributed by atoms with Crippen LogP contribution >= 0.6 is 11.8 Å². The molecule has 1 fully saturated rings. The summed E-state index contributed by atoms with van der Waals surface area (Å²) in [6.07, 6.45) is 3.60. The highest BCUT2D eigenvalue weighted by molar-refractivity contribution is 7.99. The molecule has 1 aromatic heterocycles. The number of likely N-dealkylation sites (N-methyl/N-ethyl adjacent to an activating group) is 1. The predicted molar refractivity (Wildman–Crippen MR) is 67.6 cm³/mol. The van der Waals surface area contributed by atoms with Gasteiger partial charge in [0.2, 0.25) is 0 Å². The summed E-state index contributed by atoms with van der Waals surface area (Å²) in [6.45, 7) is 2.27. The van der Waals surface area contributed by atoms with E-state index in [4.69, 9.17) is 4.74 Å². The lowest BCUT2D eigenvalue weighted by atomic mass is 10.2. The molecule has 0 N–H and O–H groups in total. The number of rotatable bonds is 3. The molecule has 1 saturated heterocycles. The zero-order valence-corrected chi connectivity index (χ0v) is 10.8. The summed E-state index contributed by atoms with van der Waals surface area (Å²) in [6, 6.07) is 3.81. The second-order valence-electron chi connectivity index (χ2n) is 3.91. The summed E-state index contributed by atoms with van der Waals surface area (Å²) in [5, 5.41) is 0.193. The van der Waals surface area contributed by atoms with Crippen molar-refractivity contribution >= 4 is 17.7 Å². The van der Waals surface area contributed by atoms with Gasteiger partial charge in [-0.15, -0.1) is 11.8 Å². The zero-order valence-electron chi connectivity index (χ0n) is 10.00. The van der Waals surface area contributed by atoms with E-state index < -0.39 is 0 Å². The van der Waals surface area contributed by atoms with Crippen molar-refractivity contribution in [3.05, 3.63) is 30.1 Å². The lowest BCUT2D eigenvalue weighted by Gasteiger charge is -2.23. The Labute approximate surface area is 105 Å². The van der Waals surface area contributed by atoms with E-state index in [0.717, 1.165) is 11.3 Å². The largest absolute Gasteiger partial charge is 0.465 e. The molecular formula is C12H16N2O2S. The van der Waals surface area contributed by atoms with Gasteiger partial charge in [-0.25, -0.2) is 0 Å². The highest BCUT2D eigenvalue weighted by Crippen LogP contribution is 2.39. The highest BCUT2D eigenvalue weighted by atomic mass is 32.2. The molecule has 5 heteroatoms. The van der Waals surface area contributed by atoms with Gasteiger partial charge in [-0.2, -0.15) is 0 Å². The van der Waals surface area contributed by atoms with Crippen molar-refractivity contribution in [1.29, 1.82) is 0 Å². The lowest BCUT2D eigenvalue weighted by Crippen LogP contribution is -2.37. The van der Waals surface area contributed by atoms with Gasteiger partial charge in [0, 0.05) is 18.1 Å². The van der Waals surface area contributed by atoms with Crippen LogP contribution in [0, 0.1) is 0 Å². The van der Waals surface area contributed by atoms with Crippen molar-refractivity contribution in [1.82, 2.24) is 9.88 Å². The molecule has 0 radical (unpaired) electrons. The van der Waals surface area contributed by atoms with E-state index in [2.05, 4.69) is 9.88 Å². The van der Waals surface area contributed by atoms with Gasteiger partial charge >= 0.3 is 5.97 Å². The number of carbonyl (C=O) groups excluding carboxylic acids is 1. The number of hydrogen-bond acceptors (Lipinski definition) is 5. The first-order chi connectivity index (χ1) is 8.24. The molecule has 0 aromatic carbocycles. The first-order valence-corrected chi connectivity index (χ1v) is 6.69. The predicted octanol–water partition coefficient (Wildman–Crippen LogP) is 1.69. The average molecular weight is 252 g/mol. The van der Waals surface area contributed by atoms with E-state index in [0.29, 0.717) is 6.61 Å². The van der Waals surface area contributed by atoms with Crippen LogP contribution in [0.15, 0.2) is 24.5 Å². The number of esters is 1. The van der Waals surface area contributed by atoms with Crippen LogP contribution in [0.2, 0.25) is 0 Å². The minimum Gasteiger partial charge on any atom is -0.465 e. The van der Waals surface area contributed by atoms with Gasteiger partial charge in [-0.3, -0.25) is 14.7 Å². The number of aromatic nitrogens is 1. The summed E-state index contributed by atoms with van der Waals surface area (Å²) >= 11 is 1.75. The lowest BCUT2D eigenvalue weighted by molar-refractivity contribution is -0.147. The average Bonchev–Trinajstić information content (AvgIpc) is 2.72. The number of thioether (sulfide) groups is 1. The molecule has 0 saturated carbocycles. The second kappa shape index (κ2) is 5.51. The van der Waals surface area contributed by atoms with Crippen LogP contribution in [0.4, 0.5) is 0 Å². The van der Waals surface area contributed by atoms with E-state index in [9.17, 15) is 4.79 Å². The van der Waals surface area contributed by atoms with E-state index in [-0.39, 0.29) is 17.4 Å². The number of ether oxygens (including phenoxy) is 1. The molecule has 17 heavy (non-hydrogen) atoms. The first kappa shape index (κ1) is 12.4. The van der Waals surface area contributed by atoms with Crippen LogP contribution in [-0.2, 0) is 9.53 Å². The standard InChI is InChI=1S/C12H16N2O2S/c1-3-16-12(15)10-8-17-11(14(10)2)9-5-4-6-13-7-9/h4-7,10-11H,3,8H2,1-2H3. The van der Waals surface area contributed by atoms with E-state index in [1.165, 1.54) is 0 Å². The SMILES string of the molecule is CCOC(=O)C1CSC(c2cccnc2)N1C. The number of hydrogen-bond donors (Lipinski definition) is 0. The van der Waals surface area contributed by atoms with Crippen molar-refractivity contribution in [3.63, 3.8) is 0 Å². The Morgan fingerprint density at radius 3 is 3.18 bits per heavy atom. The molecule has 1 aliphatic rings. The monoisotopic (exact) mass is 252 g/mol. The number of pyridine rings is 1. The van der Waals surface area contributed by atoms with Crippen molar-refractivity contribution in [2.24, 2.45) is 0 Å². The third kappa shape index (κ3) is 2.61. The first-order valence-electron chi connectivity index (χ1n) is 5.64. The fourth-order valence-electron chi connectivity index (χ4n) is 1.91. The Balaban J connectivity index is 2.07. The molecule has 92 valence electrons. The molecule has 2 unspecified atom stereocenters. The molecule has 1 aliphatic heterocycles. The smallest absolute Gasteiger partial charge is 0.324 e. The van der Waals surface area contributed by atoms with Crippen LogP contribution in [0.1, 0.15) is 17.9 Å². The van der Waals surface area contributed by atoms with Gasteiger partial charge < -0.3 is 4.74 Å². The minimum atomic E-state index is -0.148. The van der Waals surface area contributed by atoms with Crippen LogP contribution in [0.5, 0.6) is 0 Å². The van der Waals surface area contributed by atoms with Crippen LogP contribution < -0.4 is 0 Å². The molecule has 2 heterocycles. The summed E-state index contributed by atoms with van der Waals surface area (Å²) in [5.74, 6) is 0.642. The molecule has 0 aliphatic carbocycles. The quantitative estimate of drug-likeness (QED) is 0.766. The van der Waals surface area contributed by atoms with Gasteiger partial charge in [-0.05, 0) is 25.6 Å².